The van der Waals surface area contributed by atoms with Crippen LogP contribution in [0.5, 0.6) is 0 Å². The number of H-pyrrole nitrogens is 1. The van der Waals surface area contributed by atoms with Gasteiger partial charge in [0.2, 0.25) is 11.8 Å². The van der Waals surface area contributed by atoms with Crippen molar-refractivity contribution in [2.24, 2.45) is 0 Å². The average Bonchev–Trinajstić information content (AvgIpc) is 3.59. The lowest BCUT2D eigenvalue weighted by atomic mass is 9.97. The van der Waals surface area contributed by atoms with Gasteiger partial charge in [0.1, 0.15) is 6.61 Å². The predicted octanol–water partition coefficient (Wildman–Crippen LogP) is 5.00. The van der Waals surface area contributed by atoms with E-state index in [1.165, 1.54) is 10.1 Å². The fraction of sp³-hybridized carbons (Fsp3) is 0.320. The van der Waals surface area contributed by atoms with Gasteiger partial charge in [-0.15, -0.1) is 11.3 Å². The van der Waals surface area contributed by atoms with E-state index in [-0.39, 0.29) is 18.1 Å². The highest BCUT2D eigenvalue weighted by atomic mass is 32.1. The summed E-state index contributed by atoms with van der Waals surface area (Å²) < 4.78 is 12.5. The molecule has 1 atom stereocenters. The van der Waals surface area contributed by atoms with E-state index in [4.69, 9.17) is 14.2 Å². The second kappa shape index (κ2) is 9.93. The first-order chi connectivity index (χ1) is 16.9. The van der Waals surface area contributed by atoms with Gasteiger partial charge in [0, 0.05) is 34.6 Å². The Morgan fingerprint density at radius 1 is 1.17 bits per heavy atom. The molecule has 1 aromatic carbocycles. The molecule has 0 radical (unpaired) electrons. The number of aromatic nitrogens is 6. The molecule has 0 aliphatic carbocycles. The molecule has 0 fully saturated rings. The van der Waals surface area contributed by atoms with Crippen molar-refractivity contribution in [1.29, 1.82) is 0 Å². The summed E-state index contributed by atoms with van der Waals surface area (Å²) in [5.74, 6) is 1.66. The number of thiophene rings is 1. The lowest BCUT2D eigenvalue weighted by molar-refractivity contribution is 0.105. The molecule has 5 rings (SSSR count). The van der Waals surface area contributed by atoms with Crippen LogP contribution >= 0.6 is 11.3 Å². The summed E-state index contributed by atoms with van der Waals surface area (Å²) in [6.45, 7) is 6.74. The van der Waals surface area contributed by atoms with Crippen LogP contribution in [0.15, 0.2) is 59.6 Å². The van der Waals surface area contributed by atoms with Crippen LogP contribution in [0.3, 0.4) is 0 Å². The minimum Gasteiger partial charge on any atom is -0.371 e. The SMILES string of the molecule is CC(C)(C)c1nc(COCC(Cc2cnc[nH]2)Nc2nccc(-c3cc4ccccc4s3)n2)no1. The lowest BCUT2D eigenvalue weighted by Crippen LogP contribution is -2.29. The van der Waals surface area contributed by atoms with Gasteiger partial charge in [-0.3, -0.25) is 0 Å². The number of imidazole rings is 1. The number of nitrogens with zero attached hydrogens (tertiary/aromatic N) is 5. The standard InChI is InChI=1S/C25H27N7O2S/c1-25(2,3)23-31-22(32-34-23)14-33-13-18(11-17-12-26-15-28-17)29-24-27-9-8-19(30-24)21-10-16-6-4-5-7-20(16)35-21/h4-10,12,15,18H,11,13-14H2,1-3H3,(H,26,28)(H,27,29,30). The fourth-order valence-corrected chi connectivity index (χ4v) is 4.61. The number of hydrogen-bond donors (Lipinski definition) is 2. The molecule has 0 amide bonds. The van der Waals surface area contributed by atoms with Gasteiger partial charge in [0.25, 0.3) is 0 Å². The molecule has 180 valence electrons. The van der Waals surface area contributed by atoms with Crippen molar-refractivity contribution in [2.45, 2.75) is 45.3 Å². The summed E-state index contributed by atoms with van der Waals surface area (Å²) >= 11 is 1.72. The number of fused-ring (bicyclic) bond motifs is 1. The molecule has 2 N–H and O–H groups in total. The van der Waals surface area contributed by atoms with Gasteiger partial charge in [0.05, 0.1) is 29.5 Å². The number of ether oxygens (including phenoxy) is 1. The number of rotatable bonds is 9. The van der Waals surface area contributed by atoms with Crippen molar-refractivity contribution in [2.75, 3.05) is 11.9 Å². The highest BCUT2D eigenvalue weighted by molar-refractivity contribution is 7.22. The number of aromatic amines is 1. The normalized spacial score (nSPS) is 12.8. The minimum atomic E-state index is -0.202. The maximum Gasteiger partial charge on any atom is 0.232 e. The van der Waals surface area contributed by atoms with Gasteiger partial charge in [0.15, 0.2) is 5.82 Å². The first-order valence-corrected chi connectivity index (χ1v) is 12.2. The van der Waals surface area contributed by atoms with Crippen molar-refractivity contribution in [3.63, 3.8) is 0 Å². The Morgan fingerprint density at radius 2 is 2.06 bits per heavy atom. The molecule has 0 saturated carbocycles. The molecule has 4 aromatic heterocycles. The van der Waals surface area contributed by atoms with Gasteiger partial charge >= 0.3 is 0 Å². The number of benzene rings is 1. The van der Waals surface area contributed by atoms with E-state index >= 15 is 0 Å². The molecule has 0 spiro atoms. The Balaban J connectivity index is 1.28. The zero-order valence-corrected chi connectivity index (χ0v) is 20.7. The fourth-order valence-electron chi connectivity index (χ4n) is 3.58. The quantitative estimate of drug-likeness (QED) is 0.297. The summed E-state index contributed by atoms with van der Waals surface area (Å²) in [7, 11) is 0. The summed E-state index contributed by atoms with van der Waals surface area (Å²) in [6.07, 6.45) is 5.91. The molecule has 35 heavy (non-hydrogen) atoms. The third-order valence-corrected chi connectivity index (χ3v) is 6.49. The molecule has 4 heterocycles. The highest BCUT2D eigenvalue weighted by Crippen LogP contribution is 2.32. The van der Waals surface area contributed by atoms with E-state index in [1.54, 1.807) is 30.1 Å². The first kappa shape index (κ1) is 23.1. The molecule has 9 nitrogen and oxygen atoms in total. The van der Waals surface area contributed by atoms with E-state index in [0.29, 0.717) is 30.7 Å². The Labute approximate surface area is 207 Å². The van der Waals surface area contributed by atoms with E-state index in [2.05, 4.69) is 48.6 Å². The van der Waals surface area contributed by atoms with E-state index in [0.717, 1.165) is 16.3 Å². The lowest BCUT2D eigenvalue weighted by Gasteiger charge is -2.18. The van der Waals surface area contributed by atoms with Crippen molar-refractivity contribution < 1.29 is 9.26 Å². The maximum atomic E-state index is 5.95. The summed E-state index contributed by atoms with van der Waals surface area (Å²) in [5.41, 5.74) is 1.67. The Morgan fingerprint density at radius 3 is 2.83 bits per heavy atom. The zero-order valence-electron chi connectivity index (χ0n) is 19.9. The second-order valence-corrected chi connectivity index (χ2v) is 10.4. The number of anilines is 1. The van der Waals surface area contributed by atoms with Gasteiger partial charge in [-0.25, -0.2) is 15.0 Å². The average molecular weight is 490 g/mol. The van der Waals surface area contributed by atoms with Crippen molar-refractivity contribution in [3.05, 3.63) is 72.5 Å². The number of hydrogen-bond acceptors (Lipinski definition) is 9. The summed E-state index contributed by atoms with van der Waals surface area (Å²) in [5, 5.41) is 8.66. The predicted molar refractivity (Wildman–Crippen MR) is 135 cm³/mol. The Kier molecular flexibility index (Phi) is 6.56. The van der Waals surface area contributed by atoms with Crippen LogP contribution in [-0.4, -0.2) is 42.7 Å². The Hall–Kier alpha value is -3.63. The van der Waals surface area contributed by atoms with Crippen LogP contribution in [0, 0.1) is 0 Å². The topological polar surface area (TPSA) is 115 Å². The van der Waals surface area contributed by atoms with Crippen LogP contribution < -0.4 is 5.32 Å². The summed E-state index contributed by atoms with van der Waals surface area (Å²) in [4.78, 5) is 22.0. The second-order valence-electron chi connectivity index (χ2n) is 9.32. The monoisotopic (exact) mass is 489 g/mol. The van der Waals surface area contributed by atoms with Gasteiger partial charge in [-0.05, 0) is 23.6 Å². The third kappa shape index (κ3) is 5.72. The van der Waals surface area contributed by atoms with Crippen molar-refractivity contribution in [3.8, 4) is 10.6 Å². The van der Waals surface area contributed by atoms with E-state index < -0.39 is 0 Å². The van der Waals surface area contributed by atoms with Crippen molar-refractivity contribution in [1.82, 2.24) is 30.1 Å². The van der Waals surface area contributed by atoms with Crippen LogP contribution in [0.2, 0.25) is 0 Å². The molecule has 0 aliphatic heterocycles. The van der Waals surface area contributed by atoms with Crippen LogP contribution in [0.1, 0.15) is 38.2 Å². The largest absolute Gasteiger partial charge is 0.371 e. The molecule has 5 aromatic rings. The molecule has 0 aliphatic rings. The molecule has 0 saturated heterocycles. The minimum absolute atomic E-state index is 0.0953. The Bertz CT molecular complexity index is 1360. The first-order valence-electron chi connectivity index (χ1n) is 11.4. The van der Waals surface area contributed by atoms with E-state index in [1.807, 2.05) is 39.0 Å². The molecular formula is C25H27N7O2S. The van der Waals surface area contributed by atoms with Crippen LogP contribution in [-0.2, 0) is 23.2 Å². The summed E-state index contributed by atoms with van der Waals surface area (Å²) in [6, 6.07) is 12.3. The highest BCUT2D eigenvalue weighted by Gasteiger charge is 2.22. The maximum absolute atomic E-state index is 5.95. The number of nitrogens with one attached hydrogen (secondary N) is 2. The van der Waals surface area contributed by atoms with Crippen molar-refractivity contribution >= 4 is 27.4 Å². The van der Waals surface area contributed by atoms with E-state index in [9.17, 15) is 0 Å². The molecule has 10 heteroatoms. The zero-order chi connectivity index (χ0) is 24.3. The smallest absolute Gasteiger partial charge is 0.232 e. The van der Waals surface area contributed by atoms with Gasteiger partial charge in [-0.2, -0.15) is 4.98 Å². The van der Waals surface area contributed by atoms with Gasteiger partial charge < -0.3 is 19.6 Å². The molecule has 1 unspecified atom stereocenters. The third-order valence-electron chi connectivity index (χ3n) is 5.35. The molecule has 0 bridgehead atoms. The van der Waals surface area contributed by atoms with Crippen LogP contribution in [0.25, 0.3) is 20.7 Å². The van der Waals surface area contributed by atoms with Gasteiger partial charge in [-0.1, -0.05) is 44.1 Å². The molecular weight excluding hydrogens is 462 g/mol. The van der Waals surface area contributed by atoms with Crippen LogP contribution in [0.4, 0.5) is 5.95 Å².